The molecule has 0 radical (unpaired) electrons. The second kappa shape index (κ2) is 8.88. The number of hydrogen-bond donors (Lipinski definition) is 4. The van der Waals surface area contributed by atoms with E-state index >= 15 is 0 Å². The van der Waals surface area contributed by atoms with Crippen LogP contribution in [0.3, 0.4) is 0 Å². The Kier molecular flexibility index (Phi) is 5.99. The molecule has 3 heterocycles. The molecule has 10 nitrogen and oxygen atoms in total. The van der Waals surface area contributed by atoms with Gasteiger partial charge in [0.15, 0.2) is 0 Å². The predicted molar refractivity (Wildman–Crippen MR) is 117 cm³/mol. The smallest absolute Gasteiger partial charge is 0.249 e. The predicted octanol–water partition coefficient (Wildman–Crippen LogP) is 2.91. The lowest BCUT2D eigenvalue weighted by Crippen LogP contribution is -2.47. The summed E-state index contributed by atoms with van der Waals surface area (Å²) in [6.07, 6.45) is 2.38. The number of carbonyl (C=O) groups excluding carboxylic acids is 1. The molecule has 1 atom stereocenters. The van der Waals surface area contributed by atoms with E-state index in [1.54, 1.807) is 26.1 Å². The number of hydrogen-bond acceptors (Lipinski definition) is 7. The number of H-pyrrole nitrogens is 2. The second-order valence-electron chi connectivity index (χ2n) is 7.93. The molecule has 1 aliphatic heterocycles. The third-order valence-corrected chi connectivity index (χ3v) is 5.19. The van der Waals surface area contributed by atoms with Crippen molar-refractivity contribution in [2.75, 3.05) is 17.6 Å². The van der Waals surface area contributed by atoms with Gasteiger partial charge in [0.05, 0.1) is 11.8 Å². The molecule has 5 N–H and O–H groups in total. The Morgan fingerprint density at radius 2 is 2.09 bits per heavy atom. The largest absolute Gasteiger partial charge is 0.441 e. The molecule has 174 valence electrons. The van der Waals surface area contributed by atoms with Crippen molar-refractivity contribution in [3.63, 3.8) is 0 Å². The standard InChI is InChI=1S/C21H24F2N8O2/c1-12(2)20(32)31-21(16-11-17(24)28-27-16,7-3-8-25-18-6-9-26-29-18)33-19(30-31)14-10-13(22)4-5-15(14)23/h4-6,9-12H,3,7-8H2,1-2H3,(H3,24,27,28)(H2,25,26,29). The highest BCUT2D eigenvalue weighted by Crippen LogP contribution is 2.41. The molecule has 33 heavy (non-hydrogen) atoms. The third-order valence-electron chi connectivity index (χ3n) is 5.19. The molecule has 0 spiro atoms. The molecule has 1 unspecified atom stereocenters. The van der Waals surface area contributed by atoms with Gasteiger partial charge in [-0.3, -0.25) is 15.0 Å². The zero-order valence-corrected chi connectivity index (χ0v) is 18.1. The zero-order chi connectivity index (χ0) is 23.6. The number of nitrogens with zero attached hydrogens (tertiary/aromatic N) is 4. The lowest BCUT2D eigenvalue weighted by Gasteiger charge is -2.34. The summed E-state index contributed by atoms with van der Waals surface area (Å²) in [6.45, 7) is 3.93. The van der Waals surface area contributed by atoms with Crippen LogP contribution in [-0.4, -0.2) is 43.8 Å². The third kappa shape index (κ3) is 4.36. The first-order valence-corrected chi connectivity index (χ1v) is 10.4. The van der Waals surface area contributed by atoms with Crippen LogP contribution in [0, 0.1) is 17.6 Å². The van der Waals surface area contributed by atoms with E-state index in [1.165, 1.54) is 11.1 Å². The van der Waals surface area contributed by atoms with Gasteiger partial charge in [0, 0.05) is 24.9 Å². The Morgan fingerprint density at radius 3 is 2.76 bits per heavy atom. The molecule has 0 bridgehead atoms. The molecule has 0 saturated carbocycles. The number of carbonyl (C=O) groups is 1. The van der Waals surface area contributed by atoms with Crippen molar-refractivity contribution in [3.05, 3.63) is 59.4 Å². The van der Waals surface area contributed by atoms with Crippen molar-refractivity contribution < 1.29 is 18.3 Å². The molecular weight excluding hydrogens is 434 g/mol. The van der Waals surface area contributed by atoms with Crippen LogP contribution in [0.2, 0.25) is 0 Å². The Balaban J connectivity index is 1.70. The Bertz CT molecular complexity index is 1160. The molecule has 1 aromatic carbocycles. The van der Waals surface area contributed by atoms with Crippen molar-refractivity contribution in [1.29, 1.82) is 0 Å². The molecule has 1 amide bonds. The van der Waals surface area contributed by atoms with Crippen molar-refractivity contribution in [2.45, 2.75) is 32.4 Å². The number of halogens is 2. The summed E-state index contributed by atoms with van der Waals surface area (Å²) >= 11 is 0. The summed E-state index contributed by atoms with van der Waals surface area (Å²) < 4.78 is 34.6. The summed E-state index contributed by atoms with van der Waals surface area (Å²) in [5, 5.41) is 22.1. The fourth-order valence-electron chi connectivity index (χ4n) is 3.54. The molecule has 12 heteroatoms. The van der Waals surface area contributed by atoms with Crippen LogP contribution in [0.25, 0.3) is 0 Å². The van der Waals surface area contributed by atoms with Crippen molar-refractivity contribution in [2.24, 2.45) is 11.0 Å². The SMILES string of the molecule is CC(C)C(=O)N1N=C(c2cc(F)ccc2F)OC1(CCCNc1ccn[nH]1)c1cc(N)n[nH]1. The van der Waals surface area contributed by atoms with Gasteiger partial charge in [0.25, 0.3) is 0 Å². The maximum Gasteiger partial charge on any atom is 0.249 e. The van der Waals surface area contributed by atoms with Crippen LogP contribution in [0.1, 0.15) is 37.9 Å². The Hall–Kier alpha value is -3.96. The minimum Gasteiger partial charge on any atom is -0.441 e. The summed E-state index contributed by atoms with van der Waals surface area (Å²) in [4.78, 5) is 13.2. The topological polar surface area (TPSA) is 137 Å². The lowest BCUT2D eigenvalue weighted by molar-refractivity contribution is -0.156. The fourth-order valence-corrected chi connectivity index (χ4v) is 3.54. The highest BCUT2D eigenvalue weighted by atomic mass is 19.1. The zero-order valence-electron chi connectivity index (χ0n) is 18.1. The average Bonchev–Trinajstić information content (AvgIpc) is 3.53. The number of benzene rings is 1. The number of hydrazone groups is 1. The van der Waals surface area contributed by atoms with Crippen LogP contribution < -0.4 is 11.1 Å². The molecule has 0 aliphatic carbocycles. The number of anilines is 2. The van der Waals surface area contributed by atoms with Gasteiger partial charge in [-0.2, -0.15) is 15.2 Å². The summed E-state index contributed by atoms with van der Waals surface area (Å²) in [5.74, 6) is -1.50. The number of nitrogens with two attached hydrogens (primary N) is 1. The van der Waals surface area contributed by atoms with Gasteiger partial charge in [-0.05, 0) is 30.7 Å². The minimum absolute atomic E-state index is 0.186. The van der Waals surface area contributed by atoms with Crippen LogP contribution >= 0.6 is 0 Å². The normalized spacial score (nSPS) is 17.8. The van der Waals surface area contributed by atoms with Gasteiger partial charge in [-0.15, -0.1) is 5.10 Å². The first-order chi connectivity index (χ1) is 15.8. The van der Waals surface area contributed by atoms with Gasteiger partial charge >= 0.3 is 0 Å². The molecule has 0 fully saturated rings. The van der Waals surface area contributed by atoms with Crippen LogP contribution in [-0.2, 0) is 15.3 Å². The number of aromatic nitrogens is 4. The quantitative estimate of drug-likeness (QED) is 0.383. The number of amides is 1. The van der Waals surface area contributed by atoms with E-state index in [2.05, 4.69) is 30.8 Å². The van der Waals surface area contributed by atoms with E-state index in [4.69, 9.17) is 10.5 Å². The van der Waals surface area contributed by atoms with E-state index in [0.29, 0.717) is 18.7 Å². The minimum atomic E-state index is -1.48. The Labute approximate surface area is 188 Å². The number of ether oxygens (including phenoxy) is 1. The number of nitrogen functional groups attached to an aromatic ring is 1. The van der Waals surface area contributed by atoms with E-state index in [1.807, 2.05) is 0 Å². The Morgan fingerprint density at radius 1 is 1.27 bits per heavy atom. The molecular formula is C21H24F2N8O2. The number of rotatable bonds is 8. The van der Waals surface area contributed by atoms with Crippen LogP contribution in [0.15, 0.2) is 41.6 Å². The highest BCUT2D eigenvalue weighted by molar-refractivity contribution is 5.97. The first kappa shape index (κ1) is 22.2. The van der Waals surface area contributed by atoms with Gasteiger partial charge in [-0.1, -0.05) is 13.8 Å². The monoisotopic (exact) mass is 458 g/mol. The van der Waals surface area contributed by atoms with E-state index in [0.717, 1.165) is 24.0 Å². The molecule has 1 aliphatic rings. The van der Waals surface area contributed by atoms with E-state index in [-0.39, 0.29) is 29.6 Å². The summed E-state index contributed by atoms with van der Waals surface area (Å²) in [6, 6.07) is 6.26. The van der Waals surface area contributed by atoms with Crippen LogP contribution in [0.4, 0.5) is 20.4 Å². The number of nitrogens with one attached hydrogen (secondary N) is 3. The van der Waals surface area contributed by atoms with Gasteiger partial charge < -0.3 is 15.8 Å². The van der Waals surface area contributed by atoms with Gasteiger partial charge in [0.2, 0.25) is 17.5 Å². The average molecular weight is 458 g/mol. The second-order valence-corrected chi connectivity index (χ2v) is 7.93. The maximum atomic E-state index is 14.5. The maximum absolute atomic E-state index is 14.5. The summed E-state index contributed by atoms with van der Waals surface area (Å²) in [5.41, 5.74) is 4.52. The molecule has 0 saturated heterocycles. The first-order valence-electron chi connectivity index (χ1n) is 10.4. The molecule has 2 aromatic heterocycles. The van der Waals surface area contributed by atoms with Gasteiger partial charge in [0.1, 0.15) is 29.0 Å². The van der Waals surface area contributed by atoms with Gasteiger partial charge in [-0.25, -0.2) is 8.78 Å². The van der Waals surface area contributed by atoms with E-state index < -0.39 is 23.3 Å². The fraction of sp³-hybridized carbons (Fsp3) is 0.333. The van der Waals surface area contributed by atoms with Crippen molar-refractivity contribution >= 4 is 23.4 Å². The molecule has 4 rings (SSSR count). The lowest BCUT2D eigenvalue weighted by atomic mass is 10.0. The summed E-state index contributed by atoms with van der Waals surface area (Å²) in [7, 11) is 0. The van der Waals surface area contributed by atoms with Crippen molar-refractivity contribution in [1.82, 2.24) is 25.4 Å². The number of aromatic amines is 2. The van der Waals surface area contributed by atoms with Crippen molar-refractivity contribution in [3.8, 4) is 0 Å². The highest BCUT2D eigenvalue weighted by Gasteiger charge is 2.51. The van der Waals surface area contributed by atoms with Crippen LogP contribution in [0.5, 0.6) is 0 Å². The molecule has 3 aromatic rings. The van der Waals surface area contributed by atoms with E-state index in [9.17, 15) is 13.6 Å².